The number of hydrogen-bond acceptors (Lipinski definition) is 3. The molecule has 1 N–H and O–H groups in total. The van der Waals surface area contributed by atoms with E-state index in [9.17, 15) is 9.59 Å². The van der Waals surface area contributed by atoms with Crippen molar-refractivity contribution in [3.05, 3.63) is 46.8 Å². The molecule has 1 aromatic carbocycles. The third kappa shape index (κ3) is 2.97. The van der Waals surface area contributed by atoms with Crippen LogP contribution in [0.3, 0.4) is 0 Å². The number of amides is 1. The summed E-state index contributed by atoms with van der Waals surface area (Å²) in [6.45, 7) is 3.33. The van der Waals surface area contributed by atoms with Gasteiger partial charge in [-0.15, -0.1) is 0 Å². The minimum atomic E-state index is -0.130. The quantitative estimate of drug-likeness (QED) is 0.889. The van der Waals surface area contributed by atoms with E-state index < -0.39 is 0 Å². The Labute approximate surface area is 123 Å². The number of carbonyl (C=O) groups excluding carboxylic acids is 1. The number of nitrogens with one attached hydrogen (secondary N) is 1. The largest absolute Gasteiger partial charge is 0.340 e. The second kappa shape index (κ2) is 6.10. The van der Waals surface area contributed by atoms with Gasteiger partial charge in [-0.2, -0.15) is 0 Å². The van der Waals surface area contributed by atoms with Crippen molar-refractivity contribution in [1.82, 2.24) is 14.8 Å². The van der Waals surface area contributed by atoms with Gasteiger partial charge in [0.25, 0.3) is 5.56 Å². The maximum Gasteiger partial charge on any atom is 0.251 e. The van der Waals surface area contributed by atoms with Crippen molar-refractivity contribution in [2.75, 3.05) is 26.2 Å². The Morgan fingerprint density at radius 3 is 2.86 bits per heavy atom. The first-order valence-electron chi connectivity index (χ1n) is 7.33. The molecular formula is C16H19N3O2. The summed E-state index contributed by atoms with van der Waals surface area (Å²) in [5, 5.41) is 4.25. The summed E-state index contributed by atoms with van der Waals surface area (Å²) in [6, 6.07) is 11.0. The highest BCUT2D eigenvalue weighted by atomic mass is 16.2. The van der Waals surface area contributed by atoms with E-state index in [-0.39, 0.29) is 18.0 Å². The van der Waals surface area contributed by atoms with Crippen LogP contribution in [0.1, 0.15) is 6.42 Å². The van der Waals surface area contributed by atoms with Gasteiger partial charge >= 0.3 is 0 Å². The summed E-state index contributed by atoms with van der Waals surface area (Å²) in [6.07, 6.45) is 0.955. The summed E-state index contributed by atoms with van der Waals surface area (Å²) < 4.78 is 1.57. The summed E-state index contributed by atoms with van der Waals surface area (Å²) in [5.41, 5.74) is 0.682. The lowest BCUT2D eigenvalue weighted by atomic mass is 10.2. The minimum absolute atomic E-state index is 0.0113. The first-order valence-corrected chi connectivity index (χ1v) is 7.33. The van der Waals surface area contributed by atoms with Gasteiger partial charge in [-0.05, 0) is 30.5 Å². The molecule has 0 saturated carbocycles. The average molecular weight is 285 g/mol. The van der Waals surface area contributed by atoms with Crippen molar-refractivity contribution < 1.29 is 4.79 Å². The fourth-order valence-electron chi connectivity index (χ4n) is 2.74. The molecule has 5 nitrogen and oxygen atoms in total. The number of rotatable bonds is 2. The van der Waals surface area contributed by atoms with E-state index in [0.29, 0.717) is 6.54 Å². The Hall–Kier alpha value is -2.14. The molecule has 2 aromatic rings. The van der Waals surface area contributed by atoms with Crippen LogP contribution in [0.15, 0.2) is 41.2 Å². The van der Waals surface area contributed by atoms with E-state index in [1.807, 2.05) is 29.2 Å². The predicted molar refractivity (Wildman–Crippen MR) is 82.3 cm³/mol. The summed E-state index contributed by atoms with van der Waals surface area (Å²) in [5.74, 6) is 0.0113. The van der Waals surface area contributed by atoms with Crippen LogP contribution in [0.4, 0.5) is 0 Å². The van der Waals surface area contributed by atoms with E-state index in [1.54, 1.807) is 10.6 Å². The summed E-state index contributed by atoms with van der Waals surface area (Å²) in [7, 11) is 0. The number of benzene rings is 1. The molecule has 1 aliphatic rings. The van der Waals surface area contributed by atoms with Crippen molar-refractivity contribution in [1.29, 1.82) is 0 Å². The van der Waals surface area contributed by atoms with Crippen LogP contribution in [0.25, 0.3) is 10.9 Å². The van der Waals surface area contributed by atoms with Crippen molar-refractivity contribution in [3.8, 4) is 0 Å². The molecule has 0 bridgehead atoms. The summed E-state index contributed by atoms with van der Waals surface area (Å²) in [4.78, 5) is 26.4. The van der Waals surface area contributed by atoms with Gasteiger partial charge in [-0.1, -0.05) is 18.2 Å². The van der Waals surface area contributed by atoms with Crippen LogP contribution >= 0.6 is 0 Å². The Morgan fingerprint density at radius 2 is 1.95 bits per heavy atom. The fourth-order valence-corrected chi connectivity index (χ4v) is 2.74. The van der Waals surface area contributed by atoms with Crippen molar-refractivity contribution in [2.24, 2.45) is 0 Å². The zero-order valence-corrected chi connectivity index (χ0v) is 11.9. The van der Waals surface area contributed by atoms with Crippen LogP contribution in [0, 0.1) is 0 Å². The first-order chi connectivity index (χ1) is 10.3. The molecule has 1 saturated heterocycles. The predicted octanol–water partition coefficient (Wildman–Crippen LogP) is 0.823. The Morgan fingerprint density at radius 1 is 1.10 bits per heavy atom. The molecule has 3 rings (SSSR count). The van der Waals surface area contributed by atoms with Crippen molar-refractivity contribution in [2.45, 2.75) is 13.0 Å². The molecule has 0 spiro atoms. The topological polar surface area (TPSA) is 54.3 Å². The van der Waals surface area contributed by atoms with Gasteiger partial charge in [0, 0.05) is 25.7 Å². The van der Waals surface area contributed by atoms with Crippen molar-refractivity contribution >= 4 is 16.8 Å². The van der Waals surface area contributed by atoms with Crippen LogP contribution in [-0.4, -0.2) is 41.6 Å². The number of hydrogen-bond donors (Lipinski definition) is 1. The van der Waals surface area contributed by atoms with E-state index in [2.05, 4.69) is 5.32 Å². The lowest BCUT2D eigenvalue weighted by Gasteiger charge is -2.21. The molecule has 0 atom stereocenters. The third-order valence-corrected chi connectivity index (χ3v) is 3.89. The van der Waals surface area contributed by atoms with Gasteiger partial charge in [0.2, 0.25) is 5.91 Å². The highest BCUT2D eigenvalue weighted by molar-refractivity contribution is 5.82. The minimum Gasteiger partial charge on any atom is -0.340 e. The molecule has 110 valence electrons. The van der Waals surface area contributed by atoms with Gasteiger partial charge in [0.15, 0.2) is 0 Å². The SMILES string of the molecule is O=C(Cn1c(=O)ccc2ccccc21)N1CCCNCC1. The maximum absolute atomic E-state index is 12.5. The maximum atomic E-state index is 12.5. The monoisotopic (exact) mass is 285 g/mol. The fraction of sp³-hybridized carbons (Fsp3) is 0.375. The molecule has 1 amide bonds. The Bertz CT molecular complexity index is 700. The molecule has 5 heteroatoms. The lowest BCUT2D eigenvalue weighted by molar-refractivity contribution is -0.131. The summed E-state index contributed by atoms with van der Waals surface area (Å²) >= 11 is 0. The van der Waals surface area contributed by atoms with Gasteiger partial charge in [0.1, 0.15) is 6.54 Å². The molecule has 0 unspecified atom stereocenters. The molecule has 0 radical (unpaired) electrons. The Balaban J connectivity index is 1.88. The standard InChI is InChI=1S/C16H19N3O2/c20-15-7-6-13-4-1-2-5-14(13)19(15)12-16(21)18-10-3-8-17-9-11-18/h1-2,4-7,17H,3,8-12H2. The Kier molecular flexibility index (Phi) is 4.01. The van der Waals surface area contributed by atoms with Crippen LogP contribution in [0.2, 0.25) is 0 Å². The van der Waals surface area contributed by atoms with E-state index >= 15 is 0 Å². The van der Waals surface area contributed by atoms with E-state index in [0.717, 1.165) is 37.0 Å². The van der Waals surface area contributed by atoms with Crippen LogP contribution in [0.5, 0.6) is 0 Å². The van der Waals surface area contributed by atoms with E-state index in [1.165, 1.54) is 6.07 Å². The second-order valence-electron chi connectivity index (χ2n) is 5.30. The van der Waals surface area contributed by atoms with E-state index in [4.69, 9.17) is 0 Å². The molecule has 1 aromatic heterocycles. The van der Waals surface area contributed by atoms with Gasteiger partial charge in [-0.3, -0.25) is 14.2 Å². The average Bonchev–Trinajstić information content (AvgIpc) is 2.79. The highest BCUT2D eigenvalue weighted by Crippen LogP contribution is 2.11. The number of aromatic nitrogens is 1. The van der Waals surface area contributed by atoms with Crippen LogP contribution < -0.4 is 10.9 Å². The first kappa shape index (κ1) is 13.8. The smallest absolute Gasteiger partial charge is 0.251 e. The molecule has 2 heterocycles. The highest BCUT2D eigenvalue weighted by Gasteiger charge is 2.16. The van der Waals surface area contributed by atoms with Crippen molar-refractivity contribution in [3.63, 3.8) is 0 Å². The zero-order chi connectivity index (χ0) is 14.7. The van der Waals surface area contributed by atoms with Gasteiger partial charge < -0.3 is 10.2 Å². The second-order valence-corrected chi connectivity index (χ2v) is 5.30. The molecule has 1 fully saturated rings. The van der Waals surface area contributed by atoms with Gasteiger partial charge in [0.05, 0.1) is 5.52 Å². The molecule has 1 aliphatic heterocycles. The number of fused-ring (bicyclic) bond motifs is 1. The number of nitrogens with zero attached hydrogens (tertiary/aromatic N) is 2. The molecular weight excluding hydrogens is 266 g/mol. The number of carbonyl (C=O) groups is 1. The molecule has 21 heavy (non-hydrogen) atoms. The van der Waals surface area contributed by atoms with Gasteiger partial charge in [-0.25, -0.2) is 0 Å². The molecule has 0 aliphatic carbocycles. The third-order valence-electron chi connectivity index (χ3n) is 3.89. The zero-order valence-electron chi connectivity index (χ0n) is 11.9. The number of para-hydroxylation sites is 1. The van der Waals surface area contributed by atoms with Crippen LogP contribution in [-0.2, 0) is 11.3 Å². The lowest BCUT2D eigenvalue weighted by Crippen LogP contribution is -2.38. The normalized spacial score (nSPS) is 15.9. The number of pyridine rings is 1.